The van der Waals surface area contributed by atoms with Crippen LogP contribution in [0.25, 0.3) is 11.1 Å². The average molecular weight is 479 g/mol. The van der Waals surface area contributed by atoms with Crippen molar-refractivity contribution in [1.29, 1.82) is 0 Å². The van der Waals surface area contributed by atoms with Gasteiger partial charge in [0.15, 0.2) is 0 Å². The molecule has 0 aliphatic heterocycles. The smallest absolute Gasteiger partial charge is 0.340 e. The fourth-order valence-corrected chi connectivity index (χ4v) is 3.74. The molecule has 2 aromatic heterocycles. The van der Waals surface area contributed by atoms with Crippen molar-refractivity contribution in [3.63, 3.8) is 0 Å². The molecule has 0 saturated carbocycles. The number of amides is 1. The van der Waals surface area contributed by atoms with Crippen molar-refractivity contribution in [3.05, 3.63) is 87.0 Å². The van der Waals surface area contributed by atoms with Crippen LogP contribution in [0.1, 0.15) is 37.7 Å². The summed E-state index contributed by atoms with van der Waals surface area (Å²) in [4.78, 5) is 46.1. The Morgan fingerprint density at radius 1 is 1.03 bits per heavy atom. The molecule has 3 rings (SSSR count). The van der Waals surface area contributed by atoms with Crippen LogP contribution in [-0.2, 0) is 15.9 Å². The number of carbonyl (C=O) groups is 2. The second-order valence-corrected chi connectivity index (χ2v) is 7.67. The van der Waals surface area contributed by atoms with Crippen LogP contribution in [0.5, 0.6) is 0 Å². The molecule has 0 atom stereocenters. The third kappa shape index (κ3) is 6.04. The third-order valence-corrected chi connectivity index (χ3v) is 5.33. The largest absolute Gasteiger partial charge is 0.460 e. The van der Waals surface area contributed by atoms with Gasteiger partial charge in [0.25, 0.3) is 11.6 Å². The molecule has 0 bridgehead atoms. The maximum absolute atomic E-state index is 13.4. The highest BCUT2D eigenvalue weighted by molar-refractivity contribution is 6.09. The Hall–Kier alpha value is -4.18. The van der Waals surface area contributed by atoms with Crippen molar-refractivity contribution < 1.29 is 24.0 Å². The number of ether oxygens (including phenoxy) is 2. The van der Waals surface area contributed by atoms with E-state index >= 15 is 0 Å². The summed E-state index contributed by atoms with van der Waals surface area (Å²) in [6.07, 6.45) is 3.89. The van der Waals surface area contributed by atoms with Gasteiger partial charge in [0.2, 0.25) is 0 Å². The zero-order valence-electron chi connectivity index (χ0n) is 19.7. The number of esters is 1. The molecule has 0 fully saturated rings. The molecule has 0 aliphatic carbocycles. The number of nitro groups is 1. The molecule has 0 aliphatic rings. The summed E-state index contributed by atoms with van der Waals surface area (Å²) in [5.41, 5.74) is 1.71. The maximum atomic E-state index is 13.4. The van der Waals surface area contributed by atoms with Gasteiger partial charge in [-0.1, -0.05) is 12.1 Å². The summed E-state index contributed by atoms with van der Waals surface area (Å²) in [7, 11) is 1.47. The molecule has 0 saturated heterocycles. The lowest BCUT2D eigenvalue weighted by atomic mass is 9.91. The fraction of sp³-hybridized carbons (Fsp3) is 0.280. The van der Waals surface area contributed by atoms with E-state index in [1.54, 1.807) is 32.3 Å². The number of nitrogens with one attached hydrogen (secondary N) is 1. The van der Waals surface area contributed by atoms with Gasteiger partial charge in [-0.05, 0) is 44.0 Å². The standard InChI is InChI=1S/C25H26N4O6/c1-16-21(24(30)27-13-10-18-8-11-26-12-9-18)23(19-6-4-5-7-20(19)29(32)33)22(17(2)28-16)25(31)35-15-14-34-3/h4-9,11-12H,10,13-15H2,1-3H3,(H,27,30). The molecule has 1 amide bonds. The van der Waals surface area contributed by atoms with Crippen molar-refractivity contribution >= 4 is 17.6 Å². The van der Waals surface area contributed by atoms with E-state index in [4.69, 9.17) is 9.47 Å². The highest BCUT2D eigenvalue weighted by atomic mass is 16.6. The summed E-state index contributed by atoms with van der Waals surface area (Å²) in [6, 6.07) is 9.65. The molecule has 0 unspecified atom stereocenters. The van der Waals surface area contributed by atoms with Crippen LogP contribution in [0.3, 0.4) is 0 Å². The Kier molecular flexibility index (Phi) is 8.58. The van der Waals surface area contributed by atoms with Gasteiger partial charge in [-0.3, -0.25) is 24.9 Å². The molecule has 2 heterocycles. The molecular formula is C25H26N4O6. The zero-order chi connectivity index (χ0) is 25.4. The van der Waals surface area contributed by atoms with Gasteiger partial charge >= 0.3 is 5.97 Å². The number of aromatic nitrogens is 2. The van der Waals surface area contributed by atoms with E-state index in [1.807, 2.05) is 12.1 Å². The zero-order valence-corrected chi connectivity index (χ0v) is 19.7. The van der Waals surface area contributed by atoms with Gasteiger partial charge < -0.3 is 14.8 Å². The highest BCUT2D eigenvalue weighted by Crippen LogP contribution is 2.37. The van der Waals surface area contributed by atoms with E-state index in [0.717, 1.165) is 5.56 Å². The number of hydrogen-bond donors (Lipinski definition) is 1. The minimum absolute atomic E-state index is 0.000266. The lowest BCUT2D eigenvalue weighted by Crippen LogP contribution is -2.28. The molecule has 0 radical (unpaired) electrons. The number of benzene rings is 1. The third-order valence-electron chi connectivity index (χ3n) is 5.33. The van der Waals surface area contributed by atoms with E-state index in [1.165, 1.54) is 25.3 Å². The van der Waals surface area contributed by atoms with Crippen LogP contribution < -0.4 is 5.32 Å². The van der Waals surface area contributed by atoms with Gasteiger partial charge in [0.05, 0.1) is 39.6 Å². The Morgan fingerprint density at radius 2 is 1.71 bits per heavy atom. The van der Waals surface area contributed by atoms with Gasteiger partial charge in [-0.25, -0.2) is 4.79 Å². The van der Waals surface area contributed by atoms with Gasteiger partial charge in [0.1, 0.15) is 6.61 Å². The molecule has 10 nitrogen and oxygen atoms in total. The topological polar surface area (TPSA) is 134 Å². The summed E-state index contributed by atoms with van der Waals surface area (Å²) >= 11 is 0. The second kappa shape index (κ2) is 11.8. The lowest BCUT2D eigenvalue weighted by Gasteiger charge is -2.18. The number of methoxy groups -OCH3 is 1. The molecule has 1 aromatic carbocycles. The summed E-state index contributed by atoms with van der Waals surface area (Å²) in [5.74, 6) is -1.24. The second-order valence-electron chi connectivity index (χ2n) is 7.67. The number of nitrogens with zero attached hydrogens (tertiary/aromatic N) is 3. The van der Waals surface area contributed by atoms with Crippen LogP contribution in [0.4, 0.5) is 5.69 Å². The summed E-state index contributed by atoms with van der Waals surface area (Å²) in [5, 5.41) is 14.7. The monoisotopic (exact) mass is 478 g/mol. The van der Waals surface area contributed by atoms with Crippen LogP contribution in [0, 0.1) is 24.0 Å². The average Bonchev–Trinajstić information content (AvgIpc) is 2.84. The summed E-state index contributed by atoms with van der Waals surface area (Å²) < 4.78 is 10.2. The predicted octanol–water partition coefficient (Wildman–Crippen LogP) is 3.44. The van der Waals surface area contributed by atoms with E-state index in [-0.39, 0.29) is 41.2 Å². The summed E-state index contributed by atoms with van der Waals surface area (Å²) in [6.45, 7) is 3.69. The van der Waals surface area contributed by atoms with E-state index in [0.29, 0.717) is 24.4 Å². The normalized spacial score (nSPS) is 10.6. The number of rotatable bonds is 10. The van der Waals surface area contributed by atoms with E-state index in [2.05, 4.69) is 15.3 Å². The quantitative estimate of drug-likeness (QED) is 0.203. The van der Waals surface area contributed by atoms with Crippen LogP contribution in [0.15, 0.2) is 48.8 Å². The molecule has 10 heteroatoms. The fourth-order valence-electron chi connectivity index (χ4n) is 3.74. The first-order valence-electron chi connectivity index (χ1n) is 10.9. The van der Waals surface area contributed by atoms with Crippen LogP contribution in [0.2, 0.25) is 0 Å². The van der Waals surface area contributed by atoms with Crippen molar-refractivity contribution in [2.75, 3.05) is 26.9 Å². The van der Waals surface area contributed by atoms with Crippen LogP contribution in [-0.4, -0.2) is 53.6 Å². The number of carbonyl (C=O) groups excluding carboxylic acids is 2. The Morgan fingerprint density at radius 3 is 2.40 bits per heavy atom. The molecular weight excluding hydrogens is 452 g/mol. The Labute approximate surface area is 202 Å². The van der Waals surface area contributed by atoms with Crippen molar-refractivity contribution in [2.24, 2.45) is 0 Å². The first-order chi connectivity index (χ1) is 16.8. The lowest BCUT2D eigenvalue weighted by molar-refractivity contribution is -0.384. The molecule has 0 spiro atoms. The minimum Gasteiger partial charge on any atom is -0.460 e. The molecule has 35 heavy (non-hydrogen) atoms. The number of pyridine rings is 2. The van der Waals surface area contributed by atoms with Crippen LogP contribution >= 0.6 is 0 Å². The molecule has 1 N–H and O–H groups in total. The van der Waals surface area contributed by atoms with Gasteiger partial charge in [0, 0.05) is 37.7 Å². The van der Waals surface area contributed by atoms with Crippen molar-refractivity contribution in [1.82, 2.24) is 15.3 Å². The van der Waals surface area contributed by atoms with Crippen molar-refractivity contribution in [2.45, 2.75) is 20.3 Å². The SMILES string of the molecule is COCCOC(=O)c1c(C)nc(C)c(C(=O)NCCc2ccncc2)c1-c1ccccc1[N+](=O)[O-]. The molecule has 182 valence electrons. The molecule has 3 aromatic rings. The first-order valence-corrected chi connectivity index (χ1v) is 10.9. The number of hydrogen-bond acceptors (Lipinski definition) is 8. The highest BCUT2D eigenvalue weighted by Gasteiger charge is 2.30. The number of nitro benzene ring substituents is 1. The predicted molar refractivity (Wildman–Crippen MR) is 128 cm³/mol. The van der Waals surface area contributed by atoms with E-state index in [9.17, 15) is 19.7 Å². The maximum Gasteiger partial charge on any atom is 0.340 e. The minimum atomic E-state index is -0.744. The van der Waals surface area contributed by atoms with Gasteiger partial charge in [-0.15, -0.1) is 0 Å². The Bertz CT molecular complexity index is 1230. The van der Waals surface area contributed by atoms with E-state index < -0.39 is 16.8 Å². The Balaban J connectivity index is 2.10. The van der Waals surface area contributed by atoms with Gasteiger partial charge in [-0.2, -0.15) is 0 Å². The number of aryl methyl sites for hydroxylation is 2. The first kappa shape index (κ1) is 25.4. The van der Waals surface area contributed by atoms with Crippen molar-refractivity contribution in [3.8, 4) is 11.1 Å². The number of para-hydroxylation sites is 1.